The van der Waals surface area contributed by atoms with E-state index in [1.54, 1.807) is 24.3 Å². The number of benzene rings is 1. The molecule has 4 unspecified atom stereocenters. The third-order valence-corrected chi connectivity index (χ3v) is 5.48. The van der Waals surface area contributed by atoms with Gasteiger partial charge in [-0.25, -0.2) is 0 Å². The number of fused-ring (bicyclic) bond motifs is 1. The van der Waals surface area contributed by atoms with Crippen molar-refractivity contribution in [1.29, 1.82) is 0 Å². The van der Waals surface area contributed by atoms with E-state index in [-0.39, 0.29) is 23.9 Å². The molecule has 124 valence electrons. The summed E-state index contributed by atoms with van der Waals surface area (Å²) in [6, 6.07) is 7.28. The molecule has 4 atom stereocenters. The van der Waals surface area contributed by atoms with E-state index >= 15 is 0 Å². The van der Waals surface area contributed by atoms with Crippen molar-refractivity contribution in [1.82, 2.24) is 10.6 Å². The van der Waals surface area contributed by atoms with E-state index in [0.717, 1.165) is 25.7 Å². The highest BCUT2D eigenvalue weighted by Gasteiger charge is 2.40. The molecule has 1 aromatic rings. The van der Waals surface area contributed by atoms with Crippen LogP contribution >= 0.6 is 11.6 Å². The lowest BCUT2D eigenvalue weighted by Gasteiger charge is -2.44. The van der Waals surface area contributed by atoms with Crippen molar-refractivity contribution in [3.05, 3.63) is 34.9 Å². The van der Waals surface area contributed by atoms with E-state index in [0.29, 0.717) is 28.8 Å². The van der Waals surface area contributed by atoms with Crippen LogP contribution in [0.2, 0.25) is 5.02 Å². The lowest BCUT2D eigenvalue weighted by Crippen LogP contribution is -2.55. The van der Waals surface area contributed by atoms with Gasteiger partial charge >= 0.3 is 0 Å². The molecule has 3 rings (SSSR count). The first-order chi connectivity index (χ1) is 11.1. The largest absolute Gasteiger partial charge is 0.353 e. The summed E-state index contributed by atoms with van der Waals surface area (Å²) in [6.45, 7) is 2.16. The highest BCUT2D eigenvalue weighted by molar-refractivity contribution is 6.30. The summed E-state index contributed by atoms with van der Waals surface area (Å²) < 4.78 is 0. The molecular formula is C18H23ClN2O2. The number of carbonyl (C=O) groups excluding carboxylic acids is 2. The van der Waals surface area contributed by atoms with Gasteiger partial charge in [-0.3, -0.25) is 9.59 Å². The first-order valence-electron chi connectivity index (χ1n) is 8.42. The van der Waals surface area contributed by atoms with Crippen LogP contribution in [0.25, 0.3) is 0 Å². The van der Waals surface area contributed by atoms with Crippen LogP contribution in [0, 0.1) is 11.8 Å². The van der Waals surface area contributed by atoms with E-state index in [1.807, 2.05) is 0 Å². The summed E-state index contributed by atoms with van der Waals surface area (Å²) >= 11 is 5.94. The van der Waals surface area contributed by atoms with Gasteiger partial charge in [-0.15, -0.1) is 0 Å². The number of nitrogens with one attached hydrogen (secondary N) is 2. The van der Waals surface area contributed by atoms with E-state index in [1.165, 1.54) is 0 Å². The number of piperidine rings is 1. The first-order valence-corrected chi connectivity index (χ1v) is 8.80. The SMILES string of the molecule is CCC1CC(=O)NC2CC(NC(=O)c3cccc(Cl)c3)CCC12. The van der Waals surface area contributed by atoms with Crippen molar-refractivity contribution in [2.45, 2.75) is 51.1 Å². The third kappa shape index (κ3) is 3.69. The summed E-state index contributed by atoms with van der Waals surface area (Å²) in [5.74, 6) is 1.10. The molecule has 0 radical (unpaired) electrons. The minimum Gasteiger partial charge on any atom is -0.353 e. The molecule has 0 bridgehead atoms. The molecule has 0 spiro atoms. The normalized spacial score (nSPS) is 30.3. The molecule has 5 heteroatoms. The minimum atomic E-state index is -0.0925. The monoisotopic (exact) mass is 334 g/mol. The number of amides is 2. The van der Waals surface area contributed by atoms with Gasteiger partial charge in [0.05, 0.1) is 0 Å². The molecule has 1 heterocycles. The average Bonchev–Trinajstić information content (AvgIpc) is 2.53. The first kappa shape index (κ1) is 16.3. The molecule has 2 aliphatic rings. The second-order valence-electron chi connectivity index (χ2n) is 6.70. The molecule has 1 saturated carbocycles. The fourth-order valence-electron chi connectivity index (χ4n) is 4.06. The fourth-order valence-corrected chi connectivity index (χ4v) is 4.25. The number of hydrogen-bond donors (Lipinski definition) is 2. The Morgan fingerprint density at radius 3 is 2.96 bits per heavy atom. The Bertz CT molecular complexity index is 604. The van der Waals surface area contributed by atoms with Crippen LogP contribution in [-0.4, -0.2) is 23.9 Å². The molecule has 2 amide bonds. The van der Waals surface area contributed by atoms with Gasteiger partial charge in [-0.2, -0.15) is 0 Å². The van der Waals surface area contributed by atoms with Gasteiger partial charge in [0.25, 0.3) is 5.91 Å². The summed E-state index contributed by atoms with van der Waals surface area (Å²) in [5.41, 5.74) is 0.582. The van der Waals surface area contributed by atoms with Crippen molar-refractivity contribution >= 4 is 23.4 Å². The molecule has 0 aromatic heterocycles. The standard InChI is InChI=1S/C18H23ClN2O2/c1-2-11-9-17(22)21-16-10-14(6-7-15(11)16)20-18(23)12-4-3-5-13(19)8-12/h3-5,8,11,14-16H,2,6-7,9-10H2,1H3,(H,20,23)(H,21,22). The molecule has 2 fully saturated rings. The highest BCUT2D eigenvalue weighted by Crippen LogP contribution is 2.37. The van der Waals surface area contributed by atoms with Gasteiger partial charge in [0.15, 0.2) is 0 Å². The maximum Gasteiger partial charge on any atom is 0.251 e. The Kier molecular flexibility index (Phi) is 4.90. The molecule has 4 nitrogen and oxygen atoms in total. The van der Waals surface area contributed by atoms with Gasteiger partial charge in [-0.1, -0.05) is 31.0 Å². The van der Waals surface area contributed by atoms with Gasteiger partial charge in [0, 0.05) is 29.1 Å². The molecular weight excluding hydrogens is 312 g/mol. The maximum atomic E-state index is 12.4. The Balaban J connectivity index is 1.63. The Morgan fingerprint density at radius 1 is 1.39 bits per heavy atom. The zero-order valence-corrected chi connectivity index (χ0v) is 14.1. The topological polar surface area (TPSA) is 58.2 Å². The highest BCUT2D eigenvalue weighted by atomic mass is 35.5. The van der Waals surface area contributed by atoms with E-state index in [2.05, 4.69) is 17.6 Å². The van der Waals surface area contributed by atoms with Gasteiger partial charge < -0.3 is 10.6 Å². The Labute approximate surface area is 142 Å². The lowest BCUT2D eigenvalue weighted by molar-refractivity contribution is -0.127. The van der Waals surface area contributed by atoms with Crippen molar-refractivity contribution in [3.8, 4) is 0 Å². The summed E-state index contributed by atoms with van der Waals surface area (Å²) in [6.07, 6.45) is 4.55. The van der Waals surface area contributed by atoms with E-state index < -0.39 is 0 Å². The number of rotatable bonds is 3. The fraction of sp³-hybridized carbons (Fsp3) is 0.556. The van der Waals surface area contributed by atoms with Crippen molar-refractivity contribution < 1.29 is 9.59 Å². The van der Waals surface area contributed by atoms with Crippen molar-refractivity contribution in [3.63, 3.8) is 0 Å². The van der Waals surface area contributed by atoms with Gasteiger partial charge in [0.1, 0.15) is 0 Å². The van der Waals surface area contributed by atoms with Crippen LogP contribution < -0.4 is 10.6 Å². The predicted octanol–water partition coefficient (Wildman–Crippen LogP) is 3.15. The van der Waals surface area contributed by atoms with Crippen LogP contribution in [-0.2, 0) is 4.79 Å². The predicted molar refractivity (Wildman–Crippen MR) is 90.4 cm³/mol. The Morgan fingerprint density at radius 2 is 2.22 bits per heavy atom. The number of carbonyl (C=O) groups is 2. The minimum absolute atomic E-state index is 0.0925. The molecule has 1 saturated heterocycles. The summed E-state index contributed by atoms with van der Waals surface area (Å²) in [7, 11) is 0. The quantitative estimate of drug-likeness (QED) is 0.892. The zero-order valence-electron chi connectivity index (χ0n) is 13.3. The van der Waals surface area contributed by atoms with Crippen molar-refractivity contribution in [2.75, 3.05) is 0 Å². The molecule has 1 aliphatic heterocycles. The van der Waals surface area contributed by atoms with Crippen LogP contribution in [0.15, 0.2) is 24.3 Å². The van der Waals surface area contributed by atoms with E-state index in [9.17, 15) is 9.59 Å². The second kappa shape index (κ2) is 6.91. The van der Waals surface area contributed by atoms with Crippen LogP contribution in [0.5, 0.6) is 0 Å². The van der Waals surface area contributed by atoms with Crippen LogP contribution in [0.3, 0.4) is 0 Å². The second-order valence-corrected chi connectivity index (χ2v) is 7.14. The number of hydrogen-bond acceptors (Lipinski definition) is 2. The Hall–Kier alpha value is -1.55. The lowest BCUT2D eigenvalue weighted by atomic mass is 9.70. The molecule has 1 aromatic carbocycles. The molecule has 2 N–H and O–H groups in total. The smallest absolute Gasteiger partial charge is 0.251 e. The van der Waals surface area contributed by atoms with Crippen LogP contribution in [0.1, 0.15) is 49.4 Å². The summed E-state index contributed by atoms with van der Waals surface area (Å²) in [5, 5.41) is 6.78. The van der Waals surface area contributed by atoms with Gasteiger partial charge in [0.2, 0.25) is 5.91 Å². The average molecular weight is 335 g/mol. The summed E-state index contributed by atoms with van der Waals surface area (Å²) in [4.78, 5) is 24.2. The van der Waals surface area contributed by atoms with Crippen LogP contribution in [0.4, 0.5) is 0 Å². The molecule has 23 heavy (non-hydrogen) atoms. The third-order valence-electron chi connectivity index (χ3n) is 5.25. The zero-order chi connectivity index (χ0) is 16.4. The number of halogens is 1. The van der Waals surface area contributed by atoms with Gasteiger partial charge in [-0.05, 0) is 49.3 Å². The molecule has 1 aliphatic carbocycles. The van der Waals surface area contributed by atoms with E-state index in [4.69, 9.17) is 11.6 Å². The maximum absolute atomic E-state index is 12.4. The van der Waals surface area contributed by atoms with Crippen molar-refractivity contribution in [2.24, 2.45) is 11.8 Å².